The molecule has 2 aromatic rings. The van der Waals surface area contributed by atoms with E-state index < -0.39 is 5.78 Å². The zero-order chi connectivity index (χ0) is 22.9. The maximum atomic E-state index is 12.8. The van der Waals surface area contributed by atoms with Crippen LogP contribution in [0.3, 0.4) is 0 Å². The van der Waals surface area contributed by atoms with Crippen LogP contribution >= 0.6 is 0 Å². The lowest BCUT2D eigenvalue weighted by molar-refractivity contribution is 0.101. The van der Waals surface area contributed by atoms with Gasteiger partial charge in [0.1, 0.15) is 22.8 Å². The molecule has 162 valence electrons. The fraction of sp³-hybridized carbons (Fsp3) is 0.240. The zero-order valence-electron chi connectivity index (χ0n) is 18.0. The number of fused-ring (bicyclic) bond motifs is 1. The van der Waals surface area contributed by atoms with E-state index in [0.29, 0.717) is 29.5 Å². The fourth-order valence-corrected chi connectivity index (χ4v) is 3.31. The third kappa shape index (κ3) is 4.58. The summed E-state index contributed by atoms with van der Waals surface area (Å²) in [6.45, 7) is 7.72. The molecule has 0 aliphatic carbocycles. The molecule has 6 nitrogen and oxygen atoms in total. The molecular weight excluding hydrogens is 396 g/mol. The van der Waals surface area contributed by atoms with Crippen molar-refractivity contribution >= 4 is 11.9 Å². The van der Waals surface area contributed by atoms with E-state index in [1.165, 1.54) is 12.1 Å². The highest BCUT2D eigenvalue weighted by atomic mass is 16.5. The number of carbonyl (C=O) groups excluding carboxylic acids is 1. The van der Waals surface area contributed by atoms with Crippen LogP contribution < -0.4 is 4.74 Å². The third-order valence-electron chi connectivity index (χ3n) is 4.96. The fourth-order valence-electron chi connectivity index (χ4n) is 3.31. The van der Waals surface area contributed by atoms with Crippen molar-refractivity contribution in [2.24, 2.45) is 0 Å². The van der Waals surface area contributed by atoms with Crippen LogP contribution in [0.1, 0.15) is 54.7 Å². The molecule has 0 saturated carbocycles. The molecule has 1 aliphatic rings. The summed E-state index contributed by atoms with van der Waals surface area (Å²) < 4.78 is 5.59. The van der Waals surface area contributed by atoms with E-state index >= 15 is 0 Å². The lowest BCUT2D eigenvalue weighted by atomic mass is 9.95. The number of rotatable bonds is 5. The Hall–Kier alpha value is -3.67. The molecule has 0 fully saturated rings. The van der Waals surface area contributed by atoms with Gasteiger partial charge >= 0.3 is 0 Å². The largest absolute Gasteiger partial charge is 0.508 e. The summed E-state index contributed by atoms with van der Waals surface area (Å²) in [4.78, 5) is 12.8. The minimum atomic E-state index is -0.529. The number of benzene rings is 2. The van der Waals surface area contributed by atoms with Crippen LogP contribution in [-0.4, -0.2) is 26.2 Å². The third-order valence-corrected chi connectivity index (χ3v) is 4.96. The van der Waals surface area contributed by atoms with Crippen LogP contribution in [0.15, 0.2) is 47.3 Å². The van der Waals surface area contributed by atoms with Gasteiger partial charge in [-0.1, -0.05) is 23.3 Å². The van der Waals surface area contributed by atoms with Gasteiger partial charge in [-0.25, -0.2) is 0 Å². The Bertz CT molecular complexity index is 1140. The van der Waals surface area contributed by atoms with Gasteiger partial charge in [-0.05, 0) is 58.2 Å². The monoisotopic (exact) mass is 422 g/mol. The number of phenolic OH excluding ortho intramolecular Hbond substituents is 4. The molecule has 1 heterocycles. The Balaban J connectivity index is 2.14. The van der Waals surface area contributed by atoms with Crippen LogP contribution in [0.4, 0.5) is 0 Å². The molecule has 2 aromatic carbocycles. The molecule has 0 radical (unpaired) electrons. The van der Waals surface area contributed by atoms with E-state index in [1.807, 2.05) is 39.8 Å². The van der Waals surface area contributed by atoms with E-state index in [1.54, 1.807) is 6.07 Å². The van der Waals surface area contributed by atoms with Crippen LogP contribution in [0, 0.1) is 0 Å². The van der Waals surface area contributed by atoms with Crippen LogP contribution in [0.25, 0.3) is 6.08 Å². The van der Waals surface area contributed by atoms with Gasteiger partial charge in [0, 0.05) is 23.3 Å². The first-order valence-electron chi connectivity index (χ1n) is 9.92. The summed E-state index contributed by atoms with van der Waals surface area (Å²) in [6.07, 6.45) is 6.07. The van der Waals surface area contributed by atoms with Gasteiger partial charge in [0.05, 0.1) is 0 Å². The average Bonchev–Trinajstić information content (AvgIpc) is 2.98. The number of allylic oxidation sites excluding steroid dienone is 5. The van der Waals surface area contributed by atoms with Crippen molar-refractivity contribution in [3.05, 3.63) is 69.5 Å². The predicted molar refractivity (Wildman–Crippen MR) is 119 cm³/mol. The van der Waals surface area contributed by atoms with E-state index in [9.17, 15) is 25.2 Å². The molecule has 4 N–H and O–H groups in total. The topological polar surface area (TPSA) is 107 Å². The van der Waals surface area contributed by atoms with Gasteiger partial charge in [-0.3, -0.25) is 4.79 Å². The number of hydrogen-bond donors (Lipinski definition) is 4. The summed E-state index contributed by atoms with van der Waals surface area (Å²) in [7, 11) is 0. The second kappa shape index (κ2) is 8.60. The van der Waals surface area contributed by atoms with Gasteiger partial charge in [0.25, 0.3) is 0 Å². The molecule has 0 aromatic heterocycles. The number of Topliss-reactive ketones (excluding diaryl/α,β-unsaturated/α-hetero) is 1. The van der Waals surface area contributed by atoms with Crippen molar-refractivity contribution in [3.63, 3.8) is 0 Å². The summed E-state index contributed by atoms with van der Waals surface area (Å²) in [5, 5.41) is 40.9. The molecule has 0 spiro atoms. The maximum Gasteiger partial charge on any atom is 0.235 e. The van der Waals surface area contributed by atoms with E-state index in [4.69, 9.17) is 4.74 Å². The highest BCUT2D eigenvalue weighted by Gasteiger charge is 2.31. The van der Waals surface area contributed by atoms with Crippen LogP contribution in [0.2, 0.25) is 0 Å². The second-order valence-electron chi connectivity index (χ2n) is 8.05. The number of phenols is 4. The van der Waals surface area contributed by atoms with E-state index in [0.717, 1.165) is 17.2 Å². The summed E-state index contributed by atoms with van der Waals surface area (Å²) in [6, 6.07) is 4.05. The number of hydrogen-bond acceptors (Lipinski definition) is 6. The van der Waals surface area contributed by atoms with Gasteiger partial charge in [-0.2, -0.15) is 0 Å². The number of carbonyl (C=O) groups is 1. The van der Waals surface area contributed by atoms with E-state index in [2.05, 4.69) is 0 Å². The SMILES string of the molecule is CC(C)=CCc1cc(C=C2Oc3cc(O)cc(O)c3C2=O)c(CC=C(C)C)c(O)c1O. The molecule has 0 atom stereocenters. The predicted octanol–water partition coefficient (Wildman–Crippen LogP) is 5.14. The Labute approximate surface area is 181 Å². The second-order valence-corrected chi connectivity index (χ2v) is 8.05. The van der Waals surface area contributed by atoms with Crippen LogP contribution in [-0.2, 0) is 12.8 Å². The average molecular weight is 422 g/mol. The minimum Gasteiger partial charge on any atom is -0.508 e. The quantitative estimate of drug-likeness (QED) is 0.302. The minimum absolute atomic E-state index is 0.0253. The Morgan fingerprint density at radius 2 is 1.55 bits per heavy atom. The standard InChI is InChI=1S/C25H26O6/c1-13(2)5-7-15-9-16(18(8-6-14(3)4)24(29)23(15)28)10-21-25(30)22-19(27)11-17(26)12-20(22)31-21/h5-6,9-12,26-29H,7-8H2,1-4H3. The van der Waals surface area contributed by atoms with Crippen molar-refractivity contribution in [1.82, 2.24) is 0 Å². The van der Waals surface area contributed by atoms with Crippen molar-refractivity contribution in [3.8, 4) is 28.7 Å². The number of ketones is 1. The lowest BCUT2D eigenvalue weighted by Crippen LogP contribution is -2.01. The summed E-state index contributed by atoms with van der Waals surface area (Å²) >= 11 is 0. The first-order chi connectivity index (χ1) is 14.6. The van der Waals surface area contributed by atoms with Crippen molar-refractivity contribution in [2.75, 3.05) is 0 Å². The molecule has 0 amide bonds. The lowest BCUT2D eigenvalue weighted by Gasteiger charge is -2.14. The van der Waals surface area contributed by atoms with Crippen molar-refractivity contribution < 1.29 is 30.0 Å². The molecule has 6 heteroatoms. The summed E-state index contributed by atoms with van der Waals surface area (Å²) in [5.41, 5.74) is 3.55. The highest BCUT2D eigenvalue weighted by molar-refractivity contribution is 6.16. The van der Waals surface area contributed by atoms with Gasteiger partial charge in [0.2, 0.25) is 5.78 Å². The normalized spacial score (nSPS) is 13.7. The summed E-state index contributed by atoms with van der Waals surface area (Å²) in [5.74, 6) is -1.54. The molecule has 31 heavy (non-hydrogen) atoms. The maximum absolute atomic E-state index is 12.8. The van der Waals surface area contributed by atoms with Gasteiger partial charge in [0.15, 0.2) is 17.3 Å². The van der Waals surface area contributed by atoms with Gasteiger partial charge < -0.3 is 25.2 Å². The molecule has 0 bridgehead atoms. The molecule has 1 aliphatic heterocycles. The van der Waals surface area contributed by atoms with E-state index in [-0.39, 0.29) is 40.1 Å². The zero-order valence-corrected chi connectivity index (χ0v) is 18.0. The number of aromatic hydroxyl groups is 4. The Morgan fingerprint density at radius 1 is 0.903 bits per heavy atom. The van der Waals surface area contributed by atoms with Crippen LogP contribution in [0.5, 0.6) is 28.7 Å². The molecular formula is C25H26O6. The Kier molecular flexibility index (Phi) is 6.11. The molecule has 3 rings (SSSR count). The first-order valence-corrected chi connectivity index (χ1v) is 9.92. The molecule has 0 saturated heterocycles. The Morgan fingerprint density at radius 3 is 2.19 bits per heavy atom. The smallest absolute Gasteiger partial charge is 0.235 e. The van der Waals surface area contributed by atoms with Crippen molar-refractivity contribution in [2.45, 2.75) is 40.5 Å². The molecule has 0 unspecified atom stereocenters. The number of ether oxygens (including phenoxy) is 1. The highest BCUT2D eigenvalue weighted by Crippen LogP contribution is 2.42. The first kappa shape index (κ1) is 22.0. The van der Waals surface area contributed by atoms with Gasteiger partial charge in [-0.15, -0.1) is 0 Å². The van der Waals surface area contributed by atoms with Crippen molar-refractivity contribution in [1.29, 1.82) is 0 Å².